The van der Waals surface area contributed by atoms with Crippen LogP contribution in [-0.2, 0) is 12.3 Å². The van der Waals surface area contributed by atoms with Gasteiger partial charge in [-0.2, -0.15) is 0 Å². The van der Waals surface area contributed by atoms with Gasteiger partial charge < -0.3 is 12.3 Å². The van der Waals surface area contributed by atoms with Gasteiger partial charge in [0.25, 0.3) is 0 Å². The fourth-order valence-corrected chi connectivity index (χ4v) is 15.6. The highest BCUT2D eigenvalue weighted by Gasteiger charge is 2.49. The summed E-state index contributed by atoms with van der Waals surface area (Å²) in [4.78, 5) is 0. The number of hydrogen-bond donors (Lipinski definition) is 0. The van der Waals surface area contributed by atoms with Crippen molar-refractivity contribution in [3.63, 3.8) is 0 Å². The predicted octanol–water partition coefficient (Wildman–Crippen LogP) is 4.11. The fraction of sp³-hybridized carbons (Fsp3) is 0.833. The first kappa shape index (κ1) is 19.3. The lowest BCUT2D eigenvalue weighted by molar-refractivity contribution is 0.258. The summed E-state index contributed by atoms with van der Waals surface area (Å²) < 4.78 is 19.1. The van der Waals surface area contributed by atoms with Gasteiger partial charge in [0.05, 0.1) is 6.04 Å². The van der Waals surface area contributed by atoms with Crippen LogP contribution in [0.25, 0.3) is 0 Å². The number of rotatable bonds is 7. The molecule has 0 bridgehead atoms. The molecule has 19 heavy (non-hydrogen) atoms. The van der Waals surface area contributed by atoms with Crippen molar-refractivity contribution < 1.29 is 12.3 Å². The van der Waals surface area contributed by atoms with E-state index in [4.69, 9.17) is 18.8 Å². The van der Waals surface area contributed by atoms with E-state index in [1.807, 2.05) is 0 Å². The molecule has 0 aromatic heterocycles. The minimum Gasteiger partial charge on any atom is -0.416 e. The zero-order chi connectivity index (χ0) is 15.5. The summed E-state index contributed by atoms with van der Waals surface area (Å²) in [5, 5.41) is 0. The van der Waals surface area contributed by atoms with Gasteiger partial charge in [0.15, 0.2) is 25.0 Å². The molecule has 112 valence electrons. The molecule has 0 amide bonds. The van der Waals surface area contributed by atoms with Gasteiger partial charge in [0.2, 0.25) is 0 Å². The minimum atomic E-state index is -2.75. The second kappa shape index (κ2) is 6.38. The molecule has 0 saturated heterocycles. The van der Waals surface area contributed by atoms with Crippen LogP contribution in [0.3, 0.4) is 0 Å². The Labute approximate surface area is 123 Å². The summed E-state index contributed by atoms with van der Waals surface area (Å²) >= 11 is 0. The van der Waals surface area contributed by atoms with Gasteiger partial charge in [-0.05, 0) is 58.9 Å². The molecule has 0 fully saturated rings. The number of hydrogen-bond acceptors (Lipinski definition) is 3. The van der Waals surface area contributed by atoms with Crippen LogP contribution in [0.2, 0.25) is 65.0 Å². The summed E-state index contributed by atoms with van der Waals surface area (Å²) in [6, 6.07) is 0.478. The molecule has 7 heteroatoms. The zero-order valence-electron chi connectivity index (χ0n) is 14.0. The van der Waals surface area contributed by atoms with Crippen molar-refractivity contribution in [1.82, 2.24) is 0 Å². The Hall–Kier alpha value is 0.308. The lowest BCUT2D eigenvalue weighted by atomic mass is 10.8. The fourth-order valence-electron chi connectivity index (χ4n) is 1.70. The summed E-state index contributed by atoms with van der Waals surface area (Å²) in [6.07, 6.45) is 5.56. The molecule has 0 aliphatic heterocycles. The number of terminal acetylenes is 1. The van der Waals surface area contributed by atoms with Crippen molar-refractivity contribution >= 4 is 33.8 Å². The highest BCUT2D eigenvalue weighted by Crippen LogP contribution is 2.28. The third kappa shape index (κ3) is 9.78. The molecule has 0 aliphatic rings. The third-order valence-electron chi connectivity index (χ3n) is 1.70. The maximum Gasteiger partial charge on any atom is 0.482 e. The Morgan fingerprint density at radius 2 is 0.947 bits per heavy atom. The van der Waals surface area contributed by atoms with Crippen LogP contribution in [0.4, 0.5) is 0 Å². The molecular weight excluding hydrogens is 304 g/mol. The SMILES string of the molecule is C#CC[Si](O[Si](C)(C)C)(O[Si](C)(C)C)O[Si](C)(C)C. The first-order valence-corrected chi connectivity index (χ1v) is 18.9. The third-order valence-corrected chi connectivity index (χ3v) is 13.4. The van der Waals surface area contributed by atoms with Crippen LogP contribution >= 0.6 is 0 Å². The van der Waals surface area contributed by atoms with Crippen molar-refractivity contribution in [2.45, 2.75) is 65.0 Å². The van der Waals surface area contributed by atoms with Gasteiger partial charge in [-0.25, -0.2) is 0 Å². The van der Waals surface area contributed by atoms with Crippen molar-refractivity contribution in [2.24, 2.45) is 0 Å². The molecule has 0 aromatic carbocycles. The van der Waals surface area contributed by atoms with E-state index < -0.39 is 33.8 Å². The Morgan fingerprint density at radius 1 is 0.684 bits per heavy atom. The second-order valence-electron chi connectivity index (χ2n) is 7.71. The van der Waals surface area contributed by atoms with Gasteiger partial charge >= 0.3 is 8.80 Å². The molecule has 0 aromatic rings. The molecular formula is C12H30O3Si4. The molecule has 0 N–H and O–H groups in total. The van der Waals surface area contributed by atoms with E-state index >= 15 is 0 Å². The van der Waals surface area contributed by atoms with E-state index in [1.54, 1.807) is 0 Å². The summed E-state index contributed by atoms with van der Waals surface area (Å²) in [5.74, 6) is 2.73. The molecule has 0 rings (SSSR count). The van der Waals surface area contributed by atoms with E-state index in [9.17, 15) is 0 Å². The van der Waals surface area contributed by atoms with Gasteiger partial charge in [-0.15, -0.1) is 12.3 Å². The van der Waals surface area contributed by atoms with Crippen molar-refractivity contribution in [3.05, 3.63) is 0 Å². The lowest BCUT2D eigenvalue weighted by Crippen LogP contribution is -2.60. The monoisotopic (exact) mass is 334 g/mol. The van der Waals surface area contributed by atoms with Gasteiger partial charge in [0, 0.05) is 0 Å². The van der Waals surface area contributed by atoms with Crippen LogP contribution in [0, 0.1) is 12.3 Å². The largest absolute Gasteiger partial charge is 0.482 e. The summed E-state index contributed by atoms with van der Waals surface area (Å²) in [7, 11) is -8.06. The molecule has 0 saturated carbocycles. The Balaban J connectivity index is 5.42. The van der Waals surface area contributed by atoms with Crippen molar-refractivity contribution in [2.75, 3.05) is 0 Å². The average Bonchev–Trinajstić information content (AvgIpc) is 1.90. The second-order valence-corrected chi connectivity index (χ2v) is 24.6. The smallest absolute Gasteiger partial charge is 0.416 e. The van der Waals surface area contributed by atoms with E-state index in [2.05, 4.69) is 64.8 Å². The van der Waals surface area contributed by atoms with E-state index in [-0.39, 0.29) is 0 Å². The first-order chi connectivity index (χ1) is 8.18. The predicted molar refractivity (Wildman–Crippen MR) is 92.7 cm³/mol. The maximum absolute atomic E-state index is 6.38. The standard InChI is InChI=1S/C12H30O3Si4/c1-11-12-19(13-16(2,3)4,14-17(5,6)7)15-18(8,9)10/h1H,12H2,2-10H3. The van der Waals surface area contributed by atoms with Crippen LogP contribution in [0.5, 0.6) is 0 Å². The quantitative estimate of drug-likeness (QED) is 0.518. The lowest BCUT2D eigenvalue weighted by Gasteiger charge is -2.41. The molecule has 0 aliphatic carbocycles. The molecule has 0 radical (unpaired) electrons. The van der Waals surface area contributed by atoms with Gasteiger partial charge in [-0.1, -0.05) is 0 Å². The van der Waals surface area contributed by atoms with E-state index in [1.165, 1.54) is 0 Å². The average molecular weight is 335 g/mol. The molecule has 0 heterocycles. The van der Waals surface area contributed by atoms with Crippen LogP contribution in [0.1, 0.15) is 0 Å². The highest BCUT2D eigenvalue weighted by atomic mass is 28.5. The molecule has 0 unspecified atom stereocenters. The van der Waals surface area contributed by atoms with Crippen molar-refractivity contribution in [3.8, 4) is 12.3 Å². The van der Waals surface area contributed by atoms with Crippen LogP contribution in [-0.4, -0.2) is 33.8 Å². The van der Waals surface area contributed by atoms with Gasteiger partial charge in [-0.3, -0.25) is 0 Å². The van der Waals surface area contributed by atoms with Crippen molar-refractivity contribution in [1.29, 1.82) is 0 Å². The van der Waals surface area contributed by atoms with E-state index in [0.717, 1.165) is 0 Å². The maximum atomic E-state index is 6.38. The first-order valence-electron chi connectivity index (χ1n) is 6.72. The molecule has 0 spiro atoms. The molecule has 0 atom stereocenters. The summed E-state index contributed by atoms with van der Waals surface area (Å²) in [6.45, 7) is 19.4. The van der Waals surface area contributed by atoms with E-state index in [0.29, 0.717) is 6.04 Å². The Morgan fingerprint density at radius 3 is 1.11 bits per heavy atom. The Bertz CT molecular complexity index is 290. The molecule has 3 nitrogen and oxygen atoms in total. The van der Waals surface area contributed by atoms with Gasteiger partial charge in [0.1, 0.15) is 0 Å². The van der Waals surface area contributed by atoms with Crippen LogP contribution < -0.4 is 0 Å². The normalized spacial score (nSPS) is 14.3. The minimum absolute atomic E-state index is 0.478. The Kier molecular flexibility index (Phi) is 6.49. The topological polar surface area (TPSA) is 27.7 Å². The highest BCUT2D eigenvalue weighted by molar-refractivity contribution is 6.90. The van der Waals surface area contributed by atoms with Crippen LogP contribution in [0.15, 0.2) is 0 Å². The summed E-state index contributed by atoms with van der Waals surface area (Å²) in [5.41, 5.74) is 0. The zero-order valence-corrected chi connectivity index (χ0v) is 18.0.